The second kappa shape index (κ2) is 10.7. The highest BCUT2D eigenvalue weighted by atomic mass is 19.2. The van der Waals surface area contributed by atoms with Gasteiger partial charge in [0.25, 0.3) is 0 Å². The average Bonchev–Trinajstić information content (AvgIpc) is 2.76. The van der Waals surface area contributed by atoms with Crippen molar-refractivity contribution >= 4 is 11.9 Å². The minimum Gasteiger partial charge on any atom is -0.462 e. The number of esters is 2. The monoisotopic (exact) mass is 430 g/mol. The van der Waals surface area contributed by atoms with Crippen LogP contribution in [0.2, 0.25) is 0 Å². The van der Waals surface area contributed by atoms with Crippen LogP contribution in [0.25, 0.3) is 0 Å². The first-order valence-electron chi connectivity index (χ1n) is 9.22. The zero-order chi connectivity index (χ0) is 22.3. The standard InChI is InChI=1S/C21H19F5O4/c1-2-3-4-5-9-29-20(27)12-7-6-8-13(10-12)21(28)30-11-14-15(22)17(24)19(26)18(25)16(14)23/h6-8,10H,2-5,9,11H2,1H3. The van der Waals surface area contributed by atoms with Crippen LogP contribution >= 0.6 is 0 Å². The van der Waals surface area contributed by atoms with Crippen LogP contribution < -0.4 is 0 Å². The van der Waals surface area contributed by atoms with Gasteiger partial charge in [-0.1, -0.05) is 32.3 Å². The molecule has 2 rings (SSSR count). The van der Waals surface area contributed by atoms with Crippen molar-refractivity contribution in [3.05, 3.63) is 70.0 Å². The first-order chi connectivity index (χ1) is 14.3. The van der Waals surface area contributed by atoms with Gasteiger partial charge >= 0.3 is 11.9 Å². The lowest BCUT2D eigenvalue weighted by Gasteiger charge is -2.10. The normalized spacial score (nSPS) is 10.7. The Morgan fingerprint density at radius 3 is 1.87 bits per heavy atom. The quantitative estimate of drug-likeness (QED) is 0.174. The molecule has 0 aliphatic rings. The van der Waals surface area contributed by atoms with E-state index in [1.54, 1.807) is 0 Å². The predicted molar refractivity (Wildman–Crippen MR) is 96.2 cm³/mol. The lowest BCUT2D eigenvalue weighted by Crippen LogP contribution is -2.13. The molecule has 0 spiro atoms. The Bertz CT molecular complexity index is 901. The van der Waals surface area contributed by atoms with E-state index in [4.69, 9.17) is 4.74 Å². The van der Waals surface area contributed by atoms with E-state index in [2.05, 4.69) is 4.74 Å². The Morgan fingerprint density at radius 1 is 0.767 bits per heavy atom. The van der Waals surface area contributed by atoms with Crippen molar-refractivity contribution in [1.82, 2.24) is 0 Å². The van der Waals surface area contributed by atoms with Crippen molar-refractivity contribution in [2.45, 2.75) is 39.2 Å². The molecule has 0 atom stereocenters. The Morgan fingerprint density at radius 2 is 1.30 bits per heavy atom. The first-order valence-corrected chi connectivity index (χ1v) is 9.22. The highest BCUT2D eigenvalue weighted by Crippen LogP contribution is 2.24. The van der Waals surface area contributed by atoms with E-state index in [1.165, 1.54) is 18.2 Å². The molecule has 0 bridgehead atoms. The Labute approximate surface area is 169 Å². The molecule has 0 saturated carbocycles. The van der Waals surface area contributed by atoms with E-state index in [-0.39, 0.29) is 17.7 Å². The number of benzene rings is 2. The summed E-state index contributed by atoms with van der Waals surface area (Å²) >= 11 is 0. The van der Waals surface area contributed by atoms with Crippen LogP contribution in [0.4, 0.5) is 22.0 Å². The fourth-order valence-electron chi connectivity index (χ4n) is 2.55. The molecule has 0 aliphatic carbocycles. The number of halogens is 5. The van der Waals surface area contributed by atoms with Crippen LogP contribution in [0.3, 0.4) is 0 Å². The lowest BCUT2D eigenvalue weighted by molar-refractivity contribution is 0.0462. The summed E-state index contributed by atoms with van der Waals surface area (Å²) in [6.45, 7) is 1.08. The Hall–Kier alpha value is -2.97. The largest absolute Gasteiger partial charge is 0.462 e. The molecular formula is C21H19F5O4. The van der Waals surface area contributed by atoms with E-state index < -0.39 is 53.2 Å². The highest BCUT2D eigenvalue weighted by Gasteiger charge is 2.26. The number of carbonyl (C=O) groups is 2. The van der Waals surface area contributed by atoms with Crippen molar-refractivity contribution in [3.63, 3.8) is 0 Å². The third-order valence-corrected chi connectivity index (χ3v) is 4.21. The van der Waals surface area contributed by atoms with Crippen molar-refractivity contribution < 1.29 is 41.0 Å². The van der Waals surface area contributed by atoms with Gasteiger partial charge in [-0.05, 0) is 24.6 Å². The van der Waals surface area contributed by atoms with Gasteiger partial charge in [-0.3, -0.25) is 0 Å². The minimum atomic E-state index is -2.30. The number of unbranched alkanes of at least 4 members (excludes halogenated alkanes) is 3. The third kappa shape index (κ3) is 5.55. The zero-order valence-corrected chi connectivity index (χ0v) is 16.1. The van der Waals surface area contributed by atoms with Gasteiger partial charge in [-0.2, -0.15) is 0 Å². The van der Waals surface area contributed by atoms with Gasteiger partial charge < -0.3 is 9.47 Å². The first kappa shape index (κ1) is 23.3. The fraction of sp³-hybridized carbons (Fsp3) is 0.333. The summed E-state index contributed by atoms with van der Waals surface area (Å²) in [4.78, 5) is 24.1. The van der Waals surface area contributed by atoms with E-state index >= 15 is 0 Å². The molecule has 0 heterocycles. The Kier molecular flexibility index (Phi) is 8.32. The van der Waals surface area contributed by atoms with Gasteiger partial charge in [-0.15, -0.1) is 0 Å². The summed E-state index contributed by atoms with van der Waals surface area (Å²) in [5.41, 5.74) is -1.38. The summed E-state index contributed by atoms with van der Waals surface area (Å²) in [7, 11) is 0. The number of carbonyl (C=O) groups excluding carboxylic acids is 2. The predicted octanol–water partition coefficient (Wildman–Crippen LogP) is 5.48. The van der Waals surface area contributed by atoms with E-state index in [0.717, 1.165) is 25.3 Å². The van der Waals surface area contributed by atoms with Crippen LogP contribution in [0.15, 0.2) is 24.3 Å². The van der Waals surface area contributed by atoms with Gasteiger partial charge in [0.05, 0.1) is 23.3 Å². The molecule has 0 amide bonds. The van der Waals surface area contributed by atoms with E-state index in [9.17, 15) is 31.5 Å². The molecule has 9 heteroatoms. The van der Waals surface area contributed by atoms with Crippen molar-refractivity contribution in [3.8, 4) is 0 Å². The molecule has 0 aromatic heterocycles. The number of hydrogen-bond acceptors (Lipinski definition) is 4. The molecule has 2 aromatic carbocycles. The van der Waals surface area contributed by atoms with E-state index in [1.807, 2.05) is 6.92 Å². The van der Waals surface area contributed by atoms with Gasteiger partial charge in [0.1, 0.15) is 6.61 Å². The van der Waals surface area contributed by atoms with Gasteiger partial charge in [-0.25, -0.2) is 31.5 Å². The molecule has 4 nitrogen and oxygen atoms in total. The fourth-order valence-corrected chi connectivity index (χ4v) is 2.55. The molecule has 30 heavy (non-hydrogen) atoms. The van der Waals surface area contributed by atoms with Crippen LogP contribution in [0.1, 0.15) is 58.9 Å². The van der Waals surface area contributed by atoms with Crippen LogP contribution in [0.5, 0.6) is 0 Å². The molecule has 0 aliphatic heterocycles. The average molecular weight is 430 g/mol. The highest BCUT2D eigenvalue weighted by molar-refractivity contribution is 5.95. The van der Waals surface area contributed by atoms with Crippen LogP contribution in [-0.4, -0.2) is 18.5 Å². The number of hydrogen-bond donors (Lipinski definition) is 0. The van der Waals surface area contributed by atoms with Gasteiger partial charge in [0.2, 0.25) is 5.82 Å². The smallest absolute Gasteiger partial charge is 0.338 e. The molecule has 0 saturated heterocycles. The molecule has 2 aromatic rings. The maximum absolute atomic E-state index is 13.6. The molecule has 162 valence electrons. The van der Waals surface area contributed by atoms with E-state index in [0.29, 0.717) is 6.42 Å². The number of rotatable bonds is 9. The summed E-state index contributed by atoms with van der Waals surface area (Å²) in [6.07, 6.45) is 3.65. The SMILES string of the molecule is CCCCCCOC(=O)c1cccc(C(=O)OCc2c(F)c(F)c(F)c(F)c2F)c1. The summed E-state index contributed by atoms with van der Waals surface area (Å²) in [6, 6.07) is 5.17. The van der Waals surface area contributed by atoms with Crippen molar-refractivity contribution in [2.24, 2.45) is 0 Å². The maximum Gasteiger partial charge on any atom is 0.338 e. The molecule has 0 N–H and O–H groups in total. The molecule has 0 fully saturated rings. The summed E-state index contributed by atoms with van der Waals surface area (Å²) < 4.78 is 76.5. The molecule has 0 radical (unpaired) electrons. The second-order valence-corrected chi connectivity index (χ2v) is 6.40. The van der Waals surface area contributed by atoms with Crippen molar-refractivity contribution in [2.75, 3.05) is 6.61 Å². The lowest BCUT2D eigenvalue weighted by atomic mass is 10.1. The van der Waals surface area contributed by atoms with Crippen molar-refractivity contribution in [1.29, 1.82) is 0 Å². The molecular weight excluding hydrogens is 411 g/mol. The summed E-state index contributed by atoms with van der Waals surface area (Å²) in [5.74, 6) is -12.5. The minimum absolute atomic E-state index is 0.0520. The number of ether oxygens (including phenoxy) is 2. The van der Waals surface area contributed by atoms with Gasteiger partial charge in [0, 0.05) is 0 Å². The van der Waals surface area contributed by atoms with Gasteiger partial charge in [0.15, 0.2) is 23.3 Å². The topological polar surface area (TPSA) is 52.6 Å². The third-order valence-electron chi connectivity index (χ3n) is 4.21. The zero-order valence-electron chi connectivity index (χ0n) is 16.1. The van der Waals surface area contributed by atoms with Crippen LogP contribution in [-0.2, 0) is 16.1 Å². The second-order valence-electron chi connectivity index (χ2n) is 6.40. The van der Waals surface area contributed by atoms with Crippen LogP contribution in [0, 0.1) is 29.1 Å². The molecule has 0 unspecified atom stereocenters. The Balaban J connectivity index is 2.04. The maximum atomic E-state index is 13.6. The summed E-state index contributed by atoms with van der Waals surface area (Å²) in [5, 5.41) is 0.